The van der Waals surface area contributed by atoms with E-state index < -0.39 is 0 Å². The molecule has 164 valence electrons. The van der Waals surface area contributed by atoms with Gasteiger partial charge in [0.2, 0.25) is 0 Å². The van der Waals surface area contributed by atoms with Gasteiger partial charge >= 0.3 is 0 Å². The molecule has 2 aromatic carbocycles. The van der Waals surface area contributed by atoms with Crippen molar-refractivity contribution in [3.05, 3.63) is 63.7 Å². The van der Waals surface area contributed by atoms with Gasteiger partial charge in [0.05, 0.1) is 10.6 Å². The average Bonchev–Trinajstić information content (AvgIpc) is 2.72. The second kappa shape index (κ2) is 8.20. The van der Waals surface area contributed by atoms with Crippen molar-refractivity contribution in [3.8, 4) is 11.8 Å². The number of benzene rings is 2. The second-order valence-corrected chi connectivity index (χ2v) is 10.4. The minimum Gasteiger partial charge on any atom is -0.489 e. The predicted molar refractivity (Wildman–Crippen MR) is 125 cm³/mol. The SMILES string of the molecule is Cc1c(OC2C(C)(C)C(NC(=O)c3ccc(C(C)C)cc3)C2(C)C)ccc(C#N)c1Cl. The van der Waals surface area contributed by atoms with Crippen LogP contribution >= 0.6 is 11.6 Å². The van der Waals surface area contributed by atoms with Crippen molar-refractivity contribution in [1.29, 1.82) is 5.26 Å². The minimum atomic E-state index is -0.288. The van der Waals surface area contributed by atoms with Crippen LogP contribution in [0.3, 0.4) is 0 Å². The summed E-state index contributed by atoms with van der Waals surface area (Å²) in [6.45, 7) is 14.6. The Hall–Kier alpha value is -2.51. The van der Waals surface area contributed by atoms with Gasteiger partial charge in [-0.15, -0.1) is 0 Å². The fourth-order valence-electron chi connectivity index (χ4n) is 5.04. The molecule has 0 aliphatic heterocycles. The first kappa shape index (κ1) is 23.2. The van der Waals surface area contributed by atoms with E-state index in [0.29, 0.717) is 27.8 Å². The van der Waals surface area contributed by atoms with Crippen molar-refractivity contribution in [1.82, 2.24) is 5.32 Å². The van der Waals surface area contributed by atoms with Gasteiger partial charge in [0, 0.05) is 28.0 Å². The molecule has 1 N–H and O–H groups in total. The highest BCUT2D eigenvalue weighted by Gasteiger charge is 2.64. The number of hydrogen-bond acceptors (Lipinski definition) is 3. The number of halogens is 1. The molecule has 1 fully saturated rings. The molecule has 4 nitrogen and oxygen atoms in total. The van der Waals surface area contributed by atoms with Crippen molar-refractivity contribution < 1.29 is 9.53 Å². The number of hydrogen-bond donors (Lipinski definition) is 1. The van der Waals surface area contributed by atoms with E-state index in [1.807, 2.05) is 31.2 Å². The van der Waals surface area contributed by atoms with Crippen LogP contribution in [-0.4, -0.2) is 18.1 Å². The fourth-order valence-corrected chi connectivity index (χ4v) is 5.24. The van der Waals surface area contributed by atoms with Crippen LogP contribution in [0.15, 0.2) is 36.4 Å². The summed E-state index contributed by atoms with van der Waals surface area (Å²) < 4.78 is 6.41. The Balaban J connectivity index is 1.77. The zero-order chi connectivity index (χ0) is 23.1. The van der Waals surface area contributed by atoms with Crippen LogP contribution in [0.2, 0.25) is 5.02 Å². The molecule has 0 heterocycles. The van der Waals surface area contributed by atoms with Crippen LogP contribution in [0, 0.1) is 29.1 Å². The lowest BCUT2D eigenvalue weighted by atomic mass is 9.49. The summed E-state index contributed by atoms with van der Waals surface area (Å²) >= 11 is 6.32. The molecule has 31 heavy (non-hydrogen) atoms. The zero-order valence-corrected chi connectivity index (χ0v) is 20.1. The van der Waals surface area contributed by atoms with Crippen LogP contribution in [0.1, 0.15) is 74.5 Å². The Morgan fingerprint density at radius 2 is 1.68 bits per heavy atom. The van der Waals surface area contributed by atoms with Gasteiger partial charge in [-0.1, -0.05) is 65.3 Å². The first-order valence-electron chi connectivity index (χ1n) is 10.7. The molecule has 0 radical (unpaired) electrons. The summed E-state index contributed by atoms with van der Waals surface area (Å²) in [4.78, 5) is 12.9. The lowest BCUT2D eigenvalue weighted by Crippen LogP contribution is -2.74. The molecular weight excluding hydrogens is 408 g/mol. The van der Waals surface area contributed by atoms with Crippen molar-refractivity contribution in [2.45, 2.75) is 66.5 Å². The van der Waals surface area contributed by atoms with Crippen LogP contribution in [0.5, 0.6) is 5.75 Å². The number of carbonyl (C=O) groups is 1. The molecule has 5 heteroatoms. The van der Waals surface area contributed by atoms with E-state index in [9.17, 15) is 10.1 Å². The molecule has 3 rings (SSSR count). The average molecular weight is 439 g/mol. The molecule has 0 spiro atoms. The predicted octanol–water partition coefficient (Wildman–Crippen LogP) is 6.26. The number of nitriles is 1. The molecule has 0 aromatic heterocycles. The fraction of sp³-hybridized carbons (Fsp3) is 0.462. The van der Waals surface area contributed by atoms with E-state index in [4.69, 9.17) is 16.3 Å². The summed E-state index contributed by atoms with van der Waals surface area (Å²) in [6.07, 6.45) is -0.128. The van der Waals surface area contributed by atoms with E-state index >= 15 is 0 Å². The van der Waals surface area contributed by atoms with Gasteiger partial charge in [-0.3, -0.25) is 4.79 Å². The Morgan fingerprint density at radius 3 is 2.19 bits per heavy atom. The van der Waals surface area contributed by atoms with Crippen molar-refractivity contribution >= 4 is 17.5 Å². The summed E-state index contributed by atoms with van der Waals surface area (Å²) in [5.74, 6) is 1.03. The Labute approximate surface area is 190 Å². The lowest BCUT2D eigenvalue weighted by molar-refractivity contribution is -0.164. The van der Waals surface area contributed by atoms with Crippen LogP contribution in [0.4, 0.5) is 0 Å². The number of amides is 1. The highest BCUT2D eigenvalue weighted by Crippen LogP contribution is 2.56. The van der Waals surface area contributed by atoms with Gasteiger partial charge in [0.25, 0.3) is 5.91 Å². The van der Waals surface area contributed by atoms with E-state index in [2.05, 4.69) is 52.9 Å². The molecule has 0 unspecified atom stereocenters. The van der Waals surface area contributed by atoms with Gasteiger partial charge in [-0.2, -0.15) is 5.26 Å². The van der Waals surface area contributed by atoms with Crippen LogP contribution in [-0.2, 0) is 0 Å². The molecule has 1 saturated carbocycles. The molecule has 0 atom stereocenters. The third-order valence-electron chi connectivity index (χ3n) is 6.66. The van der Waals surface area contributed by atoms with E-state index in [1.54, 1.807) is 12.1 Å². The van der Waals surface area contributed by atoms with Crippen molar-refractivity contribution in [2.75, 3.05) is 0 Å². The Morgan fingerprint density at radius 1 is 1.10 bits per heavy atom. The number of nitrogens with one attached hydrogen (secondary N) is 1. The quantitative estimate of drug-likeness (QED) is 0.599. The maximum absolute atomic E-state index is 12.9. The second-order valence-electron chi connectivity index (χ2n) is 9.99. The number of rotatable bonds is 5. The lowest BCUT2D eigenvalue weighted by Gasteiger charge is -2.63. The molecule has 2 aromatic rings. The molecule has 1 amide bonds. The smallest absolute Gasteiger partial charge is 0.251 e. The zero-order valence-electron chi connectivity index (χ0n) is 19.3. The van der Waals surface area contributed by atoms with Crippen molar-refractivity contribution in [2.24, 2.45) is 10.8 Å². The van der Waals surface area contributed by atoms with Gasteiger partial charge in [0.1, 0.15) is 17.9 Å². The largest absolute Gasteiger partial charge is 0.489 e. The maximum Gasteiger partial charge on any atom is 0.251 e. The van der Waals surface area contributed by atoms with E-state index in [-0.39, 0.29) is 28.9 Å². The normalized spacial score (nSPS) is 21.2. The number of carbonyl (C=O) groups excluding carboxylic acids is 1. The number of nitrogens with zero attached hydrogens (tertiary/aromatic N) is 1. The van der Waals surface area contributed by atoms with Gasteiger partial charge < -0.3 is 10.1 Å². The van der Waals surface area contributed by atoms with Gasteiger partial charge in [0.15, 0.2) is 0 Å². The topological polar surface area (TPSA) is 62.1 Å². The third kappa shape index (κ3) is 4.04. The molecule has 0 saturated heterocycles. The monoisotopic (exact) mass is 438 g/mol. The highest BCUT2D eigenvalue weighted by molar-refractivity contribution is 6.32. The van der Waals surface area contributed by atoms with Gasteiger partial charge in [-0.25, -0.2) is 0 Å². The van der Waals surface area contributed by atoms with E-state index in [0.717, 1.165) is 5.56 Å². The van der Waals surface area contributed by atoms with Crippen LogP contribution in [0.25, 0.3) is 0 Å². The maximum atomic E-state index is 12.9. The summed E-state index contributed by atoms with van der Waals surface area (Å²) in [6, 6.07) is 13.3. The molecular formula is C26H31ClN2O2. The highest BCUT2D eigenvalue weighted by atomic mass is 35.5. The summed E-state index contributed by atoms with van der Waals surface area (Å²) in [7, 11) is 0. The number of ether oxygens (including phenoxy) is 1. The van der Waals surface area contributed by atoms with Crippen LogP contribution < -0.4 is 10.1 Å². The first-order chi connectivity index (χ1) is 14.4. The third-order valence-corrected chi connectivity index (χ3v) is 7.14. The molecule has 1 aliphatic carbocycles. The molecule has 1 aliphatic rings. The first-order valence-corrected chi connectivity index (χ1v) is 11.1. The van der Waals surface area contributed by atoms with E-state index in [1.165, 1.54) is 5.56 Å². The Kier molecular flexibility index (Phi) is 6.13. The molecule has 0 bridgehead atoms. The summed E-state index contributed by atoms with van der Waals surface area (Å²) in [5.41, 5.74) is 2.49. The minimum absolute atomic E-state index is 0.0589. The van der Waals surface area contributed by atoms with Gasteiger partial charge in [-0.05, 0) is 42.7 Å². The Bertz CT molecular complexity index is 1020. The summed E-state index contributed by atoms with van der Waals surface area (Å²) in [5, 5.41) is 12.8. The van der Waals surface area contributed by atoms with Crippen molar-refractivity contribution in [3.63, 3.8) is 0 Å². The standard InChI is InChI=1S/C26H31ClN2O2/c1-15(2)17-8-10-18(11-9-17)22(30)29-23-25(4,5)24(26(23,6)7)31-20-13-12-19(14-28)21(27)16(20)3/h8-13,15,23-24H,1-7H3,(H,29,30).